The van der Waals surface area contributed by atoms with Gasteiger partial charge in [0.1, 0.15) is 0 Å². The molecule has 96 valence electrons. The summed E-state index contributed by atoms with van der Waals surface area (Å²) in [6, 6.07) is 10.8. The Kier molecular flexibility index (Phi) is 4.01. The molecule has 0 aliphatic heterocycles. The molecule has 0 heterocycles. The molecule has 0 aromatic heterocycles. The average molecular weight is 248 g/mol. The van der Waals surface area contributed by atoms with Crippen molar-refractivity contribution in [2.75, 3.05) is 0 Å². The molecule has 0 radical (unpaired) electrons. The zero-order valence-corrected chi connectivity index (χ0v) is 11.7. The number of fused-ring (bicyclic) bond motifs is 1. The van der Waals surface area contributed by atoms with E-state index in [1.165, 1.54) is 27.5 Å². The van der Waals surface area contributed by atoms with Gasteiger partial charge in [0.15, 0.2) is 0 Å². The number of hydrogen-bond acceptors (Lipinski definition) is 0. The highest BCUT2D eigenvalue weighted by atomic mass is 14.1. The van der Waals surface area contributed by atoms with Crippen LogP contribution in [-0.4, -0.2) is 0 Å². The molecule has 2 aromatic rings. The maximum absolute atomic E-state index is 4.12. The largest absolute Gasteiger partial charge is 0.0991 e. The van der Waals surface area contributed by atoms with Crippen molar-refractivity contribution in [2.24, 2.45) is 0 Å². The fourth-order valence-electron chi connectivity index (χ4n) is 2.53. The molecule has 2 rings (SSSR count). The van der Waals surface area contributed by atoms with Crippen LogP contribution in [0.25, 0.3) is 22.4 Å². The van der Waals surface area contributed by atoms with E-state index in [4.69, 9.17) is 0 Å². The van der Waals surface area contributed by atoms with Gasteiger partial charge >= 0.3 is 0 Å². The molecule has 0 bridgehead atoms. The van der Waals surface area contributed by atoms with Crippen molar-refractivity contribution in [1.82, 2.24) is 0 Å². The molecule has 0 N–H and O–H groups in total. The van der Waals surface area contributed by atoms with Crippen molar-refractivity contribution >= 4 is 22.4 Å². The lowest BCUT2D eigenvalue weighted by Crippen LogP contribution is -1.95. The van der Waals surface area contributed by atoms with E-state index < -0.39 is 0 Å². The standard InChI is InChI=1S/C19H20/c1-5-7-11-18-16(6-2)19(14(3)4)13-15-10-8-9-12-17(15)18/h5,7-13H,1,3,6H2,2,4H3/b11-7-. The Morgan fingerprint density at radius 1 is 1.26 bits per heavy atom. The zero-order chi connectivity index (χ0) is 13.8. The Morgan fingerprint density at radius 2 is 2.00 bits per heavy atom. The van der Waals surface area contributed by atoms with Crippen LogP contribution in [0.5, 0.6) is 0 Å². The number of rotatable bonds is 4. The van der Waals surface area contributed by atoms with Crippen molar-refractivity contribution in [2.45, 2.75) is 20.3 Å². The van der Waals surface area contributed by atoms with E-state index in [0.29, 0.717) is 0 Å². The highest BCUT2D eigenvalue weighted by Crippen LogP contribution is 2.31. The van der Waals surface area contributed by atoms with Crippen LogP contribution in [0.1, 0.15) is 30.5 Å². The number of allylic oxidation sites excluding steroid dienone is 3. The van der Waals surface area contributed by atoms with Crippen LogP contribution in [0.4, 0.5) is 0 Å². The molecule has 19 heavy (non-hydrogen) atoms. The SMILES string of the molecule is C=C/C=C\c1c(CC)c(C(=C)C)cc2ccccc12. The summed E-state index contributed by atoms with van der Waals surface area (Å²) in [5, 5.41) is 2.56. The fourth-order valence-corrected chi connectivity index (χ4v) is 2.53. The molecule has 0 fully saturated rings. The molecular formula is C19H20. The summed E-state index contributed by atoms with van der Waals surface area (Å²) in [4.78, 5) is 0. The molecule has 2 aromatic carbocycles. The normalized spacial score (nSPS) is 11.1. The summed E-state index contributed by atoms with van der Waals surface area (Å²) in [6.45, 7) is 12.2. The Labute approximate surface area is 115 Å². The highest BCUT2D eigenvalue weighted by Gasteiger charge is 2.10. The molecule has 0 amide bonds. The molecule has 0 saturated heterocycles. The van der Waals surface area contributed by atoms with Crippen molar-refractivity contribution in [3.05, 3.63) is 72.3 Å². The van der Waals surface area contributed by atoms with Crippen LogP contribution >= 0.6 is 0 Å². The van der Waals surface area contributed by atoms with Gasteiger partial charge in [-0.2, -0.15) is 0 Å². The van der Waals surface area contributed by atoms with Crippen molar-refractivity contribution in [3.8, 4) is 0 Å². The summed E-state index contributed by atoms with van der Waals surface area (Å²) in [5.74, 6) is 0. The van der Waals surface area contributed by atoms with Crippen molar-refractivity contribution < 1.29 is 0 Å². The van der Waals surface area contributed by atoms with Crippen LogP contribution in [0.15, 0.2) is 55.6 Å². The topological polar surface area (TPSA) is 0 Å². The smallest absolute Gasteiger partial charge is 0.0108 e. The van der Waals surface area contributed by atoms with Crippen molar-refractivity contribution in [1.29, 1.82) is 0 Å². The quantitative estimate of drug-likeness (QED) is 0.615. The third-order valence-corrected chi connectivity index (χ3v) is 3.41. The fraction of sp³-hybridized carbons (Fsp3) is 0.158. The first-order valence-electron chi connectivity index (χ1n) is 6.68. The molecule has 0 aliphatic rings. The predicted molar refractivity (Wildman–Crippen MR) is 87.3 cm³/mol. The van der Waals surface area contributed by atoms with E-state index in [0.717, 1.165) is 12.0 Å². The molecule has 0 nitrogen and oxygen atoms in total. The van der Waals surface area contributed by atoms with Gasteiger partial charge < -0.3 is 0 Å². The predicted octanol–water partition coefficient (Wildman–Crippen LogP) is 5.63. The van der Waals surface area contributed by atoms with Gasteiger partial charge in [0.2, 0.25) is 0 Å². The van der Waals surface area contributed by atoms with Gasteiger partial charge in [0.05, 0.1) is 0 Å². The molecule has 0 aliphatic carbocycles. The summed E-state index contributed by atoms with van der Waals surface area (Å²) >= 11 is 0. The van der Waals surface area contributed by atoms with Gasteiger partial charge in [-0.1, -0.05) is 68.1 Å². The Balaban J connectivity index is 2.88. The maximum Gasteiger partial charge on any atom is -0.0108 e. The van der Waals surface area contributed by atoms with E-state index >= 15 is 0 Å². The van der Waals surface area contributed by atoms with Crippen molar-refractivity contribution in [3.63, 3.8) is 0 Å². The van der Waals surface area contributed by atoms with Gasteiger partial charge in [0, 0.05) is 0 Å². The Hall–Kier alpha value is -2.08. The highest BCUT2D eigenvalue weighted by molar-refractivity contribution is 5.95. The first-order valence-corrected chi connectivity index (χ1v) is 6.68. The molecule has 0 spiro atoms. The zero-order valence-electron chi connectivity index (χ0n) is 11.7. The van der Waals surface area contributed by atoms with Gasteiger partial charge in [-0.15, -0.1) is 0 Å². The summed E-state index contributed by atoms with van der Waals surface area (Å²) in [6.07, 6.45) is 6.98. The third-order valence-electron chi connectivity index (χ3n) is 3.41. The molecule has 0 atom stereocenters. The number of benzene rings is 2. The summed E-state index contributed by atoms with van der Waals surface area (Å²) < 4.78 is 0. The Morgan fingerprint density at radius 3 is 2.63 bits per heavy atom. The van der Waals surface area contributed by atoms with Crippen LogP contribution in [-0.2, 0) is 6.42 Å². The van der Waals surface area contributed by atoms with Gasteiger partial charge in [-0.05, 0) is 46.9 Å². The van der Waals surface area contributed by atoms with E-state index in [1.807, 2.05) is 12.2 Å². The van der Waals surface area contributed by atoms with Gasteiger partial charge in [-0.3, -0.25) is 0 Å². The monoisotopic (exact) mass is 248 g/mol. The van der Waals surface area contributed by atoms with Gasteiger partial charge in [0.25, 0.3) is 0 Å². The van der Waals surface area contributed by atoms with Crippen LogP contribution in [0.3, 0.4) is 0 Å². The molecule has 0 heteroatoms. The third kappa shape index (κ3) is 2.53. The summed E-state index contributed by atoms with van der Waals surface area (Å²) in [7, 11) is 0. The lowest BCUT2D eigenvalue weighted by atomic mass is 9.89. The maximum atomic E-state index is 4.12. The number of hydrogen-bond donors (Lipinski definition) is 0. The molecule has 0 saturated carbocycles. The molecule has 0 unspecified atom stereocenters. The van der Waals surface area contributed by atoms with Gasteiger partial charge in [-0.25, -0.2) is 0 Å². The average Bonchev–Trinajstić information content (AvgIpc) is 2.43. The van der Waals surface area contributed by atoms with Crippen LogP contribution in [0, 0.1) is 0 Å². The van der Waals surface area contributed by atoms with E-state index in [2.05, 4.69) is 63.4 Å². The second-order valence-corrected chi connectivity index (χ2v) is 4.77. The minimum absolute atomic E-state index is 1.00. The summed E-state index contributed by atoms with van der Waals surface area (Å²) in [5.41, 5.74) is 5.04. The molecular weight excluding hydrogens is 228 g/mol. The lowest BCUT2D eigenvalue weighted by Gasteiger charge is -2.15. The van der Waals surface area contributed by atoms with E-state index in [1.54, 1.807) is 0 Å². The van der Waals surface area contributed by atoms with Crippen LogP contribution in [0.2, 0.25) is 0 Å². The first-order chi connectivity index (χ1) is 9.19. The second-order valence-electron chi connectivity index (χ2n) is 4.77. The van der Waals surface area contributed by atoms with E-state index in [9.17, 15) is 0 Å². The first kappa shape index (κ1) is 13.4. The minimum atomic E-state index is 1.00. The van der Waals surface area contributed by atoms with E-state index in [-0.39, 0.29) is 0 Å². The lowest BCUT2D eigenvalue weighted by molar-refractivity contribution is 1.13. The second kappa shape index (κ2) is 5.71. The minimum Gasteiger partial charge on any atom is -0.0991 e. The Bertz CT molecular complexity index is 657. The van der Waals surface area contributed by atoms with Crippen LogP contribution < -0.4 is 0 Å².